The molecule has 3 heterocycles. The number of amides is 1. The molecule has 0 aliphatic carbocycles. The predicted molar refractivity (Wildman–Crippen MR) is 87.6 cm³/mol. The van der Waals surface area contributed by atoms with Gasteiger partial charge < -0.3 is 19.0 Å². The minimum Gasteiger partial charge on any atom is -0.461 e. The quantitative estimate of drug-likeness (QED) is 0.871. The number of furan rings is 1. The van der Waals surface area contributed by atoms with Gasteiger partial charge in [0.15, 0.2) is 11.5 Å². The van der Waals surface area contributed by atoms with Crippen molar-refractivity contribution in [2.45, 2.75) is 19.9 Å². The molecule has 1 aliphatic rings. The van der Waals surface area contributed by atoms with E-state index in [4.69, 9.17) is 13.7 Å². The third-order valence-electron chi connectivity index (χ3n) is 4.26. The molecule has 7 nitrogen and oxygen atoms in total. The fourth-order valence-corrected chi connectivity index (χ4v) is 2.90. The van der Waals surface area contributed by atoms with Crippen LogP contribution in [0.2, 0.25) is 0 Å². The standard InChI is InChI=1S/C17H23N3O4/c1-12(2)14(20-5-8-22-9-6-20)11-18-17(21)13-10-16(24-19-13)15-4-3-7-23-15/h3-4,7,10,12,14H,5-6,8-9,11H2,1-2H3,(H,18,21)/t14-/m0/s1. The summed E-state index contributed by atoms with van der Waals surface area (Å²) in [6.45, 7) is 8.17. The third kappa shape index (κ3) is 3.85. The second-order valence-corrected chi connectivity index (χ2v) is 6.22. The molecule has 0 saturated carbocycles. The van der Waals surface area contributed by atoms with E-state index in [1.165, 1.54) is 0 Å². The van der Waals surface area contributed by atoms with Crippen molar-refractivity contribution in [3.8, 4) is 11.5 Å². The van der Waals surface area contributed by atoms with Crippen LogP contribution in [-0.4, -0.2) is 54.9 Å². The molecule has 0 unspecified atom stereocenters. The van der Waals surface area contributed by atoms with Gasteiger partial charge in [0, 0.05) is 31.7 Å². The topological polar surface area (TPSA) is 80.7 Å². The Balaban J connectivity index is 1.59. The van der Waals surface area contributed by atoms with E-state index in [1.54, 1.807) is 24.5 Å². The molecule has 2 aromatic rings. The van der Waals surface area contributed by atoms with Crippen molar-refractivity contribution in [1.82, 2.24) is 15.4 Å². The van der Waals surface area contributed by atoms with E-state index < -0.39 is 0 Å². The summed E-state index contributed by atoms with van der Waals surface area (Å²) in [4.78, 5) is 14.7. The number of carbonyl (C=O) groups excluding carboxylic acids is 1. The number of rotatable bonds is 6. The van der Waals surface area contributed by atoms with Crippen LogP contribution in [0.25, 0.3) is 11.5 Å². The van der Waals surface area contributed by atoms with Gasteiger partial charge in [0.2, 0.25) is 5.76 Å². The summed E-state index contributed by atoms with van der Waals surface area (Å²) in [5.41, 5.74) is 0.255. The van der Waals surface area contributed by atoms with E-state index in [1.807, 2.05) is 0 Å². The summed E-state index contributed by atoms with van der Waals surface area (Å²) in [5.74, 6) is 1.18. The zero-order chi connectivity index (χ0) is 16.9. The lowest BCUT2D eigenvalue weighted by Gasteiger charge is -2.36. The molecule has 130 valence electrons. The van der Waals surface area contributed by atoms with Crippen molar-refractivity contribution in [2.24, 2.45) is 5.92 Å². The van der Waals surface area contributed by atoms with Gasteiger partial charge in [0.1, 0.15) is 0 Å². The number of nitrogens with one attached hydrogen (secondary N) is 1. The first-order chi connectivity index (χ1) is 11.6. The lowest BCUT2D eigenvalue weighted by molar-refractivity contribution is 0.00671. The number of nitrogens with zero attached hydrogens (tertiary/aromatic N) is 2. The summed E-state index contributed by atoms with van der Waals surface area (Å²) in [6.07, 6.45) is 1.55. The average molecular weight is 333 g/mol. The number of aromatic nitrogens is 1. The molecule has 24 heavy (non-hydrogen) atoms. The van der Waals surface area contributed by atoms with E-state index >= 15 is 0 Å². The maximum Gasteiger partial charge on any atom is 0.273 e. The van der Waals surface area contributed by atoms with Crippen LogP contribution in [0.15, 0.2) is 33.4 Å². The summed E-state index contributed by atoms with van der Waals surface area (Å²) in [7, 11) is 0. The highest BCUT2D eigenvalue weighted by Crippen LogP contribution is 2.20. The van der Waals surface area contributed by atoms with E-state index in [9.17, 15) is 4.79 Å². The van der Waals surface area contributed by atoms with Crippen LogP contribution in [0.4, 0.5) is 0 Å². The number of ether oxygens (including phenoxy) is 1. The normalized spacial score (nSPS) is 17.1. The summed E-state index contributed by atoms with van der Waals surface area (Å²) in [5, 5.41) is 6.79. The van der Waals surface area contributed by atoms with Gasteiger partial charge in [-0.25, -0.2) is 0 Å². The highest BCUT2D eigenvalue weighted by atomic mass is 16.5. The Hall–Kier alpha value is -2.12. The highest BCUT2D eigenvalue weighted by molar-refractivity contribution is 5.92. The monoisotopic (exact) mass is 333 g/mol. The van der Waals surface area contributed by atoms with E-state index in [0.29, 0.717) is 24.0 Å². The van der Waals surface area contributed by atoms with Crippen molar-refractivity contribution < 1.29 is 18.5 Å². The number of morpholine rings is 1. The lowest BCUT2D eigenvalue weighted by Crippen LogP contribution is -2.51. The van der Waals surface area contributed by atoms with Crippen molar-refractivity contribution in [1.29, 1.82) is 0 Å². The predicted octanol–water partition coefficient (Wildman–Crippen LogP) is 2.02. The minimum absolute atomic E-state index is 0.240. The van der Waals surface area contributed by atoms with Crippen LogP contribution < -0.4 is 5.32 Å². The van der Waals surface area contributed by atoms with Crippen LogP contribution in [-0.2, 0) is 4.74 Å². The maximum absolute atomic E-state index is 12.3. The number of hydrogen-bond acceptors (Lipinski definition) is 6. The molecule has 0 aromatic carbocycles. The fourth-order valence-electron chi connectivity index (χ4n) is 2.90. The lowest BCUT2D eigenvalue weighted by atomic mass is 10.0. The second-order valence-electron chi connectivity index (χ2n) is 6.22. The van der Waals surface area contributed by atoms with Gasteiger partial charge in [-0.3, -0.25) is 9.69 Å². The van der Waals surface area contributed by atoms with Gasteiger partial charge >= 0.3 is 0 Å². The van der Waals surface area contributed by atoms with Crippen LogP contribution in [0, 0.1) is 5.92 Å². The minimum atomic E-state index is -0.240. The molecule has 1 amide bonds. The largest absolute Gasteiger partial charge is 0.461 e. The third-order valence-corrected chi connectivity index (χ3v) is 4.26. The molecule has 0 spiro atoms. The molecule has 1 N–H and O–H groups in total. The van der Waals surface area contributed by atoms with Crippen molar-refractivity contribution in [3.05, 3.63) is 30.2 Å². The summed E-state index contributed by atoms with van der Waals surface area (Å²) in [6, 6.07) is 5.38. The maximum atomic E-state index is 12.3. The van der Waals surface area contributed by atoms with Gasteiger partial charge in [-0.15, -0.1) is 0 Å². The van der Waals surface area contributed by atoms with Crippen LogP contribution >= 0.6 is 0 Å². The summed E-state index contributed by atoms with van der Waals surface area (Å²) >= 11 is 0. The van der Waals surface area contributed by atoms with Crippen molar-refractivity contribution >= 4 is 5.91 Å². The molecule has 1 aliphatic heterocycles. The van der Waals surface area contributed by atoms with Gasteiger partial charge in [-0.1, -0.05) is 19.0 Å². The van der Waals surface area contributed by atoms with Crippen LogP contribution in [0.5, 0.6) is 0 Å². The second kappa shape index (κ2) is 7.63. The number of carbonyl (C=O) groups is 1. The Bertz CT molecular complexity index is 645. The van der Waals surface area contributed by atoms with Gasteiger partial charge in [0.05, 0.1) is 19.5 Å². The molecular formula is C17H23N3O4. The van der Waals surface area contributed by atoms with Gasteiger partial charge in [-0.2, -0.15) is 0 Å². The molecule has 1 saturated heterocycles. The Labute approximate surface area is 140 Å². The molecule has 1 fully saturated rings. The van der Waals surface area contributed by atoms with E-state index in [-0.39, 0.29) is 17.6 Å². The summed E-state index contributed by atoms with van der Waals surface area (Å²) < 4.78 is 15.8. The van der Waals surface area contributed by atoms with Crippen molar-refractivity contribution in [2.75, 3.05) is 32.8 Å². The van der Waals surface area contributed by atoms with Crippen LogP contribution in [0.3, 0.4) is 0 Å². The molecule has 0 radical (unpaired) electrons. The first-order valence-electron chi connectivity index (χ1n) is 8.25. The van der Waals surface area contributed by atoms with Gasteiger partial charge in [-0.05, 0) is 18.1 Å². The van der Waals surface area contributed by atoms with E-state index in [2.05, 4.69) is 29.2 Å². The molecular weight excluding hydrogens is 310 g/mol. The average Bonchev–Trinajstić information content (AvgIpc) is 3.27. The Morgan fingerprint density at radius 1 is 1.33 bits per heavy atom. The molecule has 7 heteroatoms. The zero-order valence-corrected chi connectivity index (χ0v) is 14.0. The fraction of sp³-hybridized carbons (Fsp3) is 0.529. The molecule has 2 aromatic heterocycles. The number of hydrogen-bond donors (Lipinski definition) is 1. The van der Waals surface area contributed by atoms with Crippen molar-refractivity contribution in [3.63, 3.8) is 0 Å². The van der Waals surface area contributed by atoms with Crippen LogP contribution in [0.1, 0.15) is 24.3 Å². The zero-order valence-electron chi connectivity index (χ0n) is 14.0. The smallest absolute Gasteiger partial charge is 0.273 e. The molecule has 1 atom stereocenters. The van der Waals surface area contributed by atoms with E-state index in [0.717, 1.165) is 26.3 Å². The highest BCUT2D eigenvalue weighted by Gasteiger charge is 2.25. The first-order valence-corrected chi connectivity index (χ1v) is 8.25. The van der Waals surface area contributed by atoms with Gasteiger partial charge in [0.25, 0.3) is 5.91 Å². The molecule has 0 bridgehead atoms. The molecule has 3 rings (SSSR count). The first kappa shape index (κ1) is 16.7. The Morgan fingerprint density at radius 2 is 2.12 bits per heavy atom. The Morgan fingerprint density at radius 3 is 2.79 bits per heavy atom. The Kier molecular flexibility index (Phi) is 5.32. The SMILES string of the molecule is CC(C)[C@H](CNC(=O)c1cc(-c2ccco2)on1)N1CCOCC1.